The molecule has 2 rings (SSSR count). The monoisotopic (exact) mass is 342 g/mol. The lowest BCUT2D eigenvalue weighted by atomic mass is 9.93. The number of nitriles is 1. The third-order valence-corrected chi connectivity index (χ3v) is 4.52. The molecule has 0 unspecified atom stereocenters. The Bertz CT molecular complexity index is 753. The van der Waals surface area contributed by atoms with Gasteiger partial charge in [-0.15, -0.1) is 0 Å². The number of hydrogen-bond acceptors (Lipinski definition) is 4. The summed E-state index contributed by atoms with van der Waals surface area (Å²) in [6.07, 6.45) is 1.79. The van der Waals surface area contributed by atoms with E-state index in [9.17, 15) is 14.6 Å². The molecule has 0 spiro atoms. The molecular formula is C20H23FN2O2. The van der Waals surface area contributed by atoms with Gasteiger partial charge in [0, 0.05) is 0 Å². The van der Waals surface area contributed by atoms with E-state index in [0.29, 0.717) is 30.4 Å². The summed E-state index contributed by atoms with van der Waals surface area (Å²) in [5.74, 6) is -0.338. The van der Waals surface area contributed by atoms with E-state index in [0.717, 1.165) is 11.1 Å². The Morgan fingerprint density at radius 2 is 1.80 bits per heavy atom. The van der Waals surface area contributed by atoms with Gasteiger partial charge in [0.15, 0.2) is 0 Å². The Morgan fingerprint density at radius 3 is 2.36 bits per heavy atom. The molecule has 0 aliphatic carbocycles. The van der Waals surface area contributed by atoms with Crippen LogP contribution >= 0.6 is 0 Å². The van der Waals surface area contributed by atoms with Gasteiger partial charge in [-0.05, 0) is 74.3 Å². The van der Waals surface area contributed by atoms with Crippen LogP contribution in [0.25, 0.3) is 0 Å². The van der Waals surface area contributed by atoms with Crippen molar-refractivity contribution in [1.82, 2.24) is 4.90 Å². The zero-order valence-corrected chi connectivity index (χ0v) is 14.5. The zero-order chi connectivity index (χ0) is 18.4. The Morgan fingerprint density at radius 1 is 1.12 bits per heavy atom. The highest BCUT2D eigenvalue weighted by molar-refractivity contribution is 5.38. The van der Waals surface area contributed by atoms with Gasteiger partial charge in [0.1, 0.15) is 11.5 Å². The summed E-state index contributed by atoms with van der Waals surface area (Å²) in [7, 11) is 3.56. The summed E-state index contributed by atoms with van der Waals surface area (Å²) in [5.41, 5.74) is 1.65. The maximum Gasteiger partial charge on any atom is 0.144 e. The summed E-state index contributed by atoms with van der Waals surface area (Å²) >= 11 is 0. The predicted molar refractivity (Wildman–Crippen MR) is 94.0 cm³/mol. The lowest BCUT2D eigenvalue weighted by Crippen LogP contribution is -2.41. The number of rotatable bonds is 7. The zero-order valence-electron chi connectivity index (χ0n) is 14.5. The summed E-state index contributed by atoms with van der Waals surface area (Å²) in [6.45, 7) is -0.124. The molecule has 0 heterocycles. The van der Waals surface area contributed by atoms with E-state index < -0.39 is 5.72 Å². The lowest BCUT2D eigenvalue weighted by molar-refractivity contribution is -0.0972. The largest absolute Gasteiger partial charge is 0.392 e. The minimum absolute atomic E-state index is 0.124. The van der Waals surface area contributed by atoms with E-state index in [2.05, 4.69) is 6.07 Å². The molecule has 0 bridgehead atoms. The fraction of sp³-hybridized carbons (Fsp3) is 0.350. The Labute approximate surface area is 147 Å². The van der Waals surface area contributed by atoms with Crippen molar-refractivity contribution in [3.05, 3.63) is 70.5 Å². The van der Waals surface area contributed by atoms with Crippen molar-refractivity contribution in [3.8, 4) is 6.07 Å². The van der Waals surface area contributed by atoms with Gasteiger partial charge in [-0.2, -0.15) is 5.26 Å². The molecule has 0 saturated heterocycles. The molecule has 0 amide bonds. The fourth-order valence-corrected chi connectivity index (χ4v) is 2.95. The maximum atomic E-state index is 13.2. The standard InChI is InChI=1S/C20H23FN2O2/c1-23(2)20(25,18-7-9-19(21)10-8-18)11-3-4-16-6-5-15(13-22)12-17(16)14-24/h5-10,12,24-25H,3-4,11,14H2,1-2H3/t20-/m1/s1. The van der Waals surface area contributed by atoms with Crippen LogP contribution < -0.4 is 0 Å². The molecule has 2 N–H and O–H groups in total. The van der Waals surface area contributed by atoms with Crippen LogP contribution in [0.4, 0.5) is 4.39 Å². The Kier molecular flexibility index (Phi) is 6.27. The predicted octanol–water partition coefficient (Wildman–Crippen LogP) is 2.92. The summed E-state index contributed by atoms with van der Waals surface area (Å²) < 4.78 is 13.2. The van der Waals surface area contributed by atoms with Crippen molar-refractivity contribution in [1.29, 1.82) is 5.26 Å². The third-order valence-electron chi connectivity index (χ3n) is 4.52. The number of aliphatic hydroxyl groups excluding tert-OH is 1. The van der Waals surface area contributed by atoms with Crippen LogP contribution in [0.15, 0.2) is 42.5 Å². The molecule has 5 heteroatoms. The molecule has 2 aromatic carbocycles. The highest BCUT2D eigenvalue weighted by Crippen LogP contribution is 2.30. The van der Waals surface area contributed by atoms with E-state index in [4.69, 9.17) is 5.26 Å². The molecule has 25 heavy (non-hydrogen) atoms. The number of benzene rings is 2. The second-order valence-corrected chi connectivity index (χ2v) is 6.32. The first-order valence-electron chi connectivity index (χ1n) is 8.19. The molecule has 2 aromatic rings. The van der Waals surface area contributed by atoms with Crippen molar-refractivity contribution >= 4 is 0 Å². The van der Waals surface area contributed by atoms with Crippen LogP contribution in [0.2, 0.25) is 0 Å². The molecule has 0 radical (unpaired) electrons. The van der Waals surface area contributed by atoms with Crippen LogP contribution in [-0.2, 0) is 18.8 Å². The van der Waals surface area contributed by atoms with E-state index in [1.54, 1.807) is 43.3 Å². The second kappa shape index (κ2) is 8.21. The molecule has 4 nitrogen and oxygen atoms in total. The Hall–Kier alpha value is -2.26. The van der Waals surface area contributed by atoms with Gasteiger partial charge in [-0.3, -0.25) is 4.90 Å². The van der Waals surface area contributed by atoms with Gasteiger partial charge in [0.2, 0.25) is 0 Å². The average Bonchev–Trinajstić information content (AvgIpc) is 2.62. The smallest absolute Gasteiger partial charge is 0.144 e. The first-order valence-corrected chi connectivity index (χ1v) is 8.19. The molecule has 1 atom stereocenters. The van der Waals surface area contributed by atoms with Crippen molar-refractivity contribution in [2.24, 2.45) is 0 Å². The van der Waals surface area contributed by atoms with Gasteiger partial charge < -0.3 is 10.2 Å². The molecule has 0 saturated carbocycles. The molecule has 132 valence electrons. The molecular weight excluding hydrogens is 319 g/mol. The van der Waals surface area contributed by atoms with Crippen LogP contribution in [0.3, 0.4) is 0 Å². The van der Waals surface area contributed by atoms with Gasteiger partial charge >= 0.3 is 0 Å². The van der Waals surface area contributed by atoms with Gasteiger partial charge in [0.05, 0.1) is 18.2 Å². The third kappa shape index (κ3) is 4.43. The first-order chi connectivity index (χ1) is 11.9. The van der Waals surface area contributed by atoms with Crippen LogP contribution in [0.1, 0.15) is 35.1 Å². The normalized spacial score (nSPS) is 13.5. The molecule has 0 aromatic heterocycles. The van der Waals surface area contributed by atoms with Crippen molar-refractivity contribution in [2.45, 2.75) is 31.6 Å². The van der Waals surface area contributed by atoms with E-state index in [-0.39, 0.29) is 12.4 Å². The summed E-state index contributed by atoms with van der Waals surface area (Å²) in [6, 6.07) is 13.2. The van der Waals surface area contributed by atoms with Crippen molar-refractivity contribution in [2.75, 3.05) is 14.1 Å². The Balaban J connectivity index is 2.12. The number of aryl methyl sites for hydroxylation is 1. The molecule has 0 fully saturated rings. The number of hydrogen-bond donors (Lipinski definition) is 2. The van der Waals surface area contributed by atoms with E-state index in [1.807, 2.05) is 6.07 Å². The topological polar surface area (TPSA) is 67.5 Å². The number of nitrogens with zero attached hydrogens (tertiary/aromatic N) is 2. The minimum Gasteiger partial charge on any atom is -0.392 e. The van der Waals surface area contributed by atoms with Gasteiger partial charge in [-0.25, -0.2) is 4.39 Å². The SMILES string of the molecule is CN(C)[C@@](O)(CCCc1ccc(C#N)cc1CO)c1ccc(F)cc1. The second-order valence-electron chi connectivity index (χ2n) is 6.32. The van der Waals surface area contributed by atoms with Crippen molar-refractivity contribution in [3.63, 3.8) is 0 Å². The average molecular weight is 342 g/mol. The highest BCUT2D eigenvalue weighted by atomic mass is 19.1. The fourth-order valence-electron chi connectivity index (χ4n) is 2.95. The van der Waals surface area contributed by atoms with E-state index in [1.165, 1.54) is 12.1 Å². The number of aliphatic hydroxyl groups is 2. The molecule has 0 aliphatic heterocycles. The minimum atomic E-state index is -1.19. The van der Waals surface area contributed by atoms with Crippen LogP contribution in [-0.4, -0.2) is 29.2 Å². The van der Waals surface area contributed by atoms with Crippen LogP contribution in [0.5, 0.6) is 0 Å². The summed E-state index contributed by atoms with van der Waals surface area (Å²) in [4.78, 5) is 1.71. The van der Waals surface area contributed by atoms with Gasteiger partial charge in [0.25, 0.3) is 0 Å². The van der Waals surface area contributed by atoms with Crippen molar-refractivity contribution < 1.29 is 14.6 Å². The highest BCUT2D eigenvalue weighted by Gasteiger charge is 2.31. The van der Waals surface area contributed by atoms with E-state index >= 15 is 0 Å². The van der Waals surface area contributed by atoms with Crippen LogP contribution in [0, 0.1) is 17.1 Å². The maximum absolute atomic E-state index is 13.2. The summed E-state index contributed by atoms with van der Waals surface area (Å²) in [5, 5.41) is 29.5. The molecule has 0 aliphatic rings. The quantitative estimate of drug-likeness (QED) is 0.759. The lowest BCUT2D eigenvalue weighted by Gasteiger charge is -2.35. The first kappa shape index (κ1) is 19.1. The van der Waals surface area contributed by atoms with Gasteiger partial charge in [-0.1, -0.05) is 18.2 Å². The number of halogens is 1.